The first-order chi connectivity index (χ1) is 14.0. The predicted molar refractivity (Wildman–Crippen MR) is 104 cm³/mol. The van der Waals surface area contributed by atoms with Crippen molar-refractivity contribution < 1.29 is 23.9 Å². The van der Waals surface area contributed by atoms with Gasteiger partial charge in [0.15, 0.2) is 11.5 Å². The molecular weight excluding hydrogens is 374 g/mol. The molecule has 8 nitrogen and oxygen atoms in total. The average Bonchev–Trinajstić information content (AvgIpc) is 3.05. The molecule has 4 amide bonds. The highest BCUT2D eigenvalue weighted by Crippen LogP contribution is 2.32. The number of rotatable bonds is 5. The van der Waals surface area contributed by atoms with Crippen molar-refractivity contribution in [1.29, 1.82) is 0 Å². The van der Waals surface area contributed by atoms with E-state index in [1.54, 1.807) is 24.3 Å². The van der Waals surface area contributed by atoms with Gasteiger partial charge in [0.1, 0.15) is 13.2 Å². The lowest BCUT2D eigenvalue weighted by Crippen LogP contribution is -2.32. The van der Waals surface area contributed by atoms with Gasteiger partial charge in [0.05, 0.1) is 19.1 Å². The second-order valence-electron chi connectivity index (χ2n) is 6.89. The Balaban J connectivity index is 1.50. The number of benzene rings is 2. The molecule has 0 bridgehead atoms. The van der Waals surface area contributed by atoms with Gasteiger partial charge in [0.2, 0.25) is 5.91 Å². The van der Waals surface area contributed by atoms with Crippen molar-refractivity contribution in [3.63, 3.8) is 0 Å². The molecule has 8 heteroatoms. The third-order valence-corrected chi connectivity index (χ3v) is 4.94. The van der Waals surface area contributed by atoms with E-state index in [9.17, 15) is 14.4 Å². The van der Waals surface area contributed by atoms with Crippen LogP contribution >= 0.6 is 0 Å². The molecule has 1 unspecified atom stereocenters. The van der Waals surface area contributed by atoms with Crippen LogP contribution in [0.25, 0.3) is 0 Å². The summed E-state index contributed by atoms with van der Waals surface area (Å²) in [6.45, 7) is 2.92. The van der Waals surface area contributed by atoms with Crippen LogP contribution in [0, 0.1) is 0 Å². The summed E-state index contributed by atoms with van der Waals surface area (Å²) in [5.74, 6) is 0.760. The second kappa shape index (κ2) is 7.83. The summed E-state index contributed by atoms with van der Waals surface area (Å²) in [4.78, 5) is 37.7. The van der Waals surface area contributed by atoms with Crippen molar-refractivity contribution in [2.45, 2.75) is 19.5 Å². The third kappa shape index (κ3) is 3.87. The smallest absolute Gasteiger partial charge is 0.324 e. The van der Waals surface area contributed by atoms with Gasteiger partial charge in [-0.1, -0.05) is 24.3 Å². The first kappa shape index (κ1) is 18.8. The Kier molecular flexibility index (Phi) is 5.07. The lowest BCUT2D eigenvalue weighted by atomic mass is 10.0. The highest BCUT2D eigenvalue weighted by Gasteiger charge is 2.29. The SMILES string of the molecule is CC(NC(=O)c1ccccc1CN1C(=O)CNC1=O)c1ccc2c(c1)OCCO2. The van der Waals surface area contributed by atoms with Crippen LogP contribution in [0.5, 0.6) is 11.5 Å². The highest BCUT2D eigenvalue weighted by molar-refractivity contribution is 6.02. The van der Waals surface area contributed by atoms with Crippen LogP contribution in [-0.4, -0.2) is 42.5 Å². The molecule has 0 aromatic heterocycles. The average molecular weight is 395 g/mol. The van der Waals surface area contributed by atoms with Gasteiger partial charge in [0.25, 0.3) is 5.91 Å². The van der Waals surface area contributed by atoms with Crippen LogP contribution in [-0.2, 0) is 11.3 Å². The number of hydrogen-bond donors (Lipinski definition) is 2. The topological polar surface area (TPSA) is 97.0 Å². The molecule has 2 aliphatic heterocycles. The number of imide groups is 1. The molecule has 2 heterocycles. The second-order valence-corrected chi connectivity index (χ2v) is 6.89. The number of ether oxygens (including phenoxy) is 2. The summed E-state index contributed by atoms with van der Waals surface area (Å²) in [5.41, 5.74) is 1.91. The van der Waals surface area contributed by atoms with Gasteiger partial charge in [-0.3, -0.25) is 14.5 Å². The van der Waals surface area contributed by atoms with Crippen molar-refractivity contribution in [2.75, 3.05) is 19.8 Å². The van der Waals surface area contributed by atoms with Gasteiger partial charge in [-0.15, -0.1) is 0 Å². The van der Waals surface area contributed by atoms with Gasteiger partial charge < -0.3 is 20.1 Å². The van der Waals surface area contributed by atoms with Crippen molar-refractivity contribution in [1.82, 2.24) is 15.5 Å². The van der Waals surface area contributed by atoms with E-state index in [0.29, 0.717) is 35.8 Å². The standard InChI is InChI=1S/C21H21N3O5/c1-13(14-6-7-17-18(10-14)29-9-8-28-17)23-20(26)16-5-3-2-4-15(16)12-24-19(25)11-22-21(24)27/h2-7,10,13H,8-9,11-12H2,1H3,(H,22,27)(H,23,26). The van der Waals surface area contributed by atoms with Crippen LogP contribution in [0.2, 0.25) is 0 Å². The summed E-state index contributed by atoms with van der Waals surface area (Å²) >= 11 is 0. The number of hydrogen-bond acceptors (Lipinski definition) is 5. The van der Waals surface area contributed by atoms with Crippen molar-refractivity contribution in [3.8, 4) is 11.5 Å². The summed E-state index contributed by atoms with van der Waals surface area (Å²) in [5, 5.41) is 5.45. The Morgan fingerprint density at radius 3 is 2.66 bits per heavy atom. The van der Waals surface area contributed by atoms with E-state index in [1.807, 2.05) is 25.1 Å². The molecule has 1 fully saturated rings. The molecule has 0 aliphatic carbocycles. The largest absolute Gasteiger partial charge is 0.486 e. The maximum absolute atomic E-state index is 12.9. The molecule has 150 valence electrons. The summed E-state index contributed by atoms with van der Waals surface area (Å²) in [6.07, 6.45) is 0. The molecule has 0 saturated carbocycles. The Hall–Kier alpha value is -3.55. The first-order valence-corrected chi connectivity index (χ1v) is 9.39. The fraction of sp³-hybridized carbons (Fsp3) is 0.286. The highest BCUT2D eigenvalue weighted by atomic mass is 16.6. The summed E-state index contributed by atoms with van der Waals surface area (Å²) < 4.78 is 11.1. The van der Waals surface area contributed by atoms with Gasteiger partial charge in [-0.25, -0.2) is 4.79 Å². The van der Waals surface area contributed by atoms with E-state index < -0.39 is 6.03 Å². The van der Waals surface area contributed by atoms with E-state index >= 15 is 0 Å². The van der Waals surface area contributed by atoms with E-state index in [-0.39, 0.29) is 30.9 Å². The lowest BCUT2D eigenvalue weighted by Gasteiger charge is -2.21. The molecule has 29 heavy (non-hydrogen) atoms. The monoisotopic (exact) mass is 395 g/mol. The third-order valence-electron chi connectivity index (χ3n) is 4.94. The number of nitrogens with zero attached hydrogens (tertiary/aromatic N) is 1. The van der Waals surface area contributed by atoms with Gasteiger partial charge in [0, 0.05) is 5.56 Å². The maximum Gasteiger partial charge on any atom is 0.324 e. The molecule has 4 rings (SSSR count). The first-order valence-electron chi connectivity index (χ1n) is 9.39. The minimum atomic E-state index is -0.449. The normalized spacial score (nSPS) is 16.4. The van der Waals surface area contributed by atoms with Crippen LogP contribution in [0.4, 0.5) is 4.79 Å². The number of amides is 4. The molecule has 1 saturated heterocycles. The Morgan fingerprint density at radius 1 is 1.14 bits per heavy atom. The van der Waals surface area contributed by atoms with E-state index in [1.165, 1.54) is 0 Å². The van der Waals surface area contributed by atoms with Gasteiger partial charge in [-0.2, -0.15) is 0 Å². The molecule has 0 spiro atoms. The number of urea groups is 1. The van der Waals surface area contributed by atoms with Gasteiger partial charge >= 0.3 is 6.03 Å². The van der Waals surface area contributed by atoms with Crippen molar-refractivity contribution in [2.24, 2.45) is 0 Å². The molecular formula is C21H21N3O5. The number of nitrogens with one attached hydrogen (secondary N) is 2. The minimum Gasteiger partial charge on any atom is -0.486 e. The van der Waals surface area contributed by atoms with E-state index in [0.717, 1.165) is 10.5 Å². The van der Waals surface area contributed by atoms with E-state index in [4.69, 9.17) is 9.47 Å². The quantitative estimate of drug-likeness (QED) is 0.755. The molecule has 2 aromatic rings. The Morgan fingerprint density at radius 2 is 1.90 bits per heavy atom. The predicted octanol–water partition coefficient (Wildman–Crippen LogP) is 2.00. The minimum absolute atomic E-state index is 0.0195. The van der Waals surface area contributed by atoms with Gasteiger partial charge in [-0.05, 0) is 36.2 Å². The van der Waals surface area contributed by atoms with Crippen LogP contribution in [0.1, 0.15) is 34.5 Å². The van der Waals surface area contributed by atoms with Crippen LogP contribution < -0.4 is 20.1 Å². The Bertz CT molecular complexity index is 959. The molecule has 2 N–H and O–H groups in total. The molecule has 1 atom stereocenters. The van der Waals surface area contributed by atoms with E-state index in [2.05, 4.69) is 10.6 Å². The number of fused-ring (bicyclic) bond motifs is 1. The molecule has 2 aliphatic rings. The van der Waals surface area contributed by atoms with Crippen molar-refractivity contribution >= 4 is 17.8 Å². The fourth-order valence-corrected chi connectivity index (χ4v) is 3.35. The summed E-state index contributed by atoms with van der Waals surface area (Å²) in [6, 6.07) is 11.8. The zero-order chi connectivity index (χ0) is 20.4. The fourth-order valence-electron chi connectivity index (χ4n) is 3.35. The van der Waals surface area contributed by atoms with Crippen LogP contribution in [0.15, 0.2) is 42.5 Å². The zero-order valence-corrected chi connectivity index (χ0v) is 15.9. The van der Waals surface area contributed by atoms with Crippen molar-refractivity contribution in [3.05, 3.63) is 59.2 Å². The zero-order valence-electron chi connectivity index (χ0n) is 15.9. The van der Waals surface area contributed by atoms with Crippen LogP contribution in [0.3, 0.4) is 0 Å². The number of carbonyl (C=O) groups excluding carboxylic acids is 3. The number of carbonyl (C=O) groups is 3. The Labute approximate surface area is 167 Å². The molecule has 2 aromatic carbocycles. The summed E-state index contributed by atoms with van der Waals surface area (Å²) in [7, 11) is 0. The maximum atomic E-state index is 12.9. The molecule has 0 radical (unpaired) electrons. The lowest BCUT2D eigenvalue weighted by molar-refractivity contribution is -0.125.